The van der Waals surface area contributed by atoms with Gasteiger partial charge in [0.25, 0.3) is 0 Å². The number of hydrogen-bond donors (Lipinski definition) is 2. The first-order valence-electron chi connectivity index (χ1n) is 7.42. The number of amides is 1. The maximum atomic E-state index is 11.9. The van der Waals surface area contributed by atoms with Gasteiger partial charge in [-0.15, -0.1) is 0 Å². The van der Waals surface area contributed by atoms with Gasteiger partial charge in [0.15, 0.2) is 0 Å². The number of carbonyl (C=O) groups excluding carboxylic acids is 2. The summed E-state index contributed by atoms with van der Waals surface area (Å²) < 4.78 is 10.00. The molecule has 1 aromatic carbocycles. The van der Waals surface area contributed by atoms with Crippen LogP contribution in [-0.2, 0) is 9.47 Å². The Morgan fingerprint density at radius 1 is 1.30 bits per heavy atom. The number of esters is 1. The third kappa shape index (κ3) is 4.28. The number of nitrogens with zero attached hydrogens (tertiary/aromatic N) is 1. The number of nitrogens with one attached hydrogen (secondary N) is 1. The van der Waals surface area contributed by atoms with Crippen LogP contribution in [0.1, 0.15) is 31.1 Å². The predicted molar refractivity (Wildman–Crippen MR) is 87.4 cm³/mol. The van der Waals surface area contributed by atoms with Crippen molar-refractivity contribution in [2.75, 3.05) is 31.2 Å². The molecule has 1 aromatic rings. The van der Waals surface area contributed by atoms with Gasteiger partial charge in [0.1, 0.15) is 5.60 Å². The highest BCUT2D eigenvalue weighted by atomic mass is 16.6. The van der Waals surface area contributed by atoms with Crippen molar-refractivity contribution in [3.8, 4) is 0 Å². The minimum absolute atomic E-state index is 0.108. The minimum Gasteiger partial charge on any atom is -0.465 e. The Labute approximate surface area is 135 Å². The molecular formula is C16H23N3O4. The standard InChI is InChI=1S/C16H23N3O4/c1-16(2,3)23-15(21)19-8-11(9-19)18-10-5-6-13(17)12(7-10)14(20)22-4/h5-7,11,18H,8-9,17H2,1-4H3. The Balaban J connectivity index is 1.91. The highest BCUT2D eigenvalue weighted by Crippen LogP contribution is 2.22. The zero-order valence-corrected chi connectivity index (χ0v) is 13.9. The van der Waals surface area contributed by atoms with Gasteiger partial charge in [-0.1, -0.05) is 0 Å². The van der Waals surface area contributed by atoms with E-state index < -0.39 is 11.6 Å². The number of hydrogen-bond acceptors (Lipinski definition) is 6. The number of nitrogen functional groups attached to an aromatic ring is 1. The summed E-state index contributed by atoms with van der Waals surface area (Å²) in [7, 11) is 1.31. The lowest BCUT2D eigenvalue weighted by molar-refractivity contribution is 0.0105. The van der Waals surface area contributed by atoms with Crippen molar-refractivity contribution in [3.05, 3.63) is 23.8 Å². The lowest BCUT2D eigenvalue weighted by atomic mass is 10.1. The molecule has 7 heteroatoms. The molecule has 1 amide bonds. The van der Waals surface area contributed by atoms with Crippen LogP contribution < -0.4 is 11.1 Å². The Hall–Kier alpha value is -2.44. The lowest BCUT2D eigenvalue weighted by Crippen LogP contribution is -2.57. The maximum absolute atomic E-state index is 11.9. The molecule has 0 aromatic heterocycles. The number of carbonyl (C=O) groups is 2. The minimum atomic E-state index is -0.498. The summed E-state index contributed by atoms with van der Waals surface area (Å²) in [6, 6.07) is 5.20. The molecule has 0 atom stereocenters. The van der Waals surface area contributed by atoms with E-state index in [0.717, 1.165) is 5.69 Å². The van der Waals surface area contributed by atoms with Crippen LogP contribution in [0.25, 0.3) is 0 Å². The summed E-state index contributed by atoms with van der Waals surface area (Å²) in [5.74, 6) is -0.477. The van der Waals surface area contributed by atoms with E-state index >= 15 is 0 Å². The van der Waals surface area contributed by atoms with E-state index in [0.29, 0.717) is 24.3 Å². The third-order valence-corrected chi connectivity index (χ3v) is 3.36. The van der Waals surface area contributed by atoms with Gasteiger partial charge in [-0.2, -0.15) is 0 Å². The van der Waals surface area contributed by atoms with Crippen molar-refractivity contribution in [2.45, 2.75) is 32.4 Å². The molecule has 1 aliphatic rings. The van der Waals surface area contributed by atoms with E-state index in [2.05, 4.69) is 5.32 Å². The van der Waals surface area contributed by atoms with E-state index in [-0.39, 0.29) is 12.1 Å². The zero-order valence-electron chi connectivity index (χ0n) is 13.9. The molecule has 2 rings (SSSR count). The highest BCUT2D eigenvalue weighted by Gasteiger charge is 2.33. The summed E-state index contributed by atoms with van der Waals surface area (Å²) >= 11 is 0. The van der Waals surface area contributed by atoms with Gasteiger partial charge in [0.2, 0.25) is 0 Å². The van der Waals surface area contributed by atoms with E-state index in [1.54, 1.807) is 23.1 Å². The summed E-state index contributed by atoms with van der Waals surface area (Å²) in [6.07, 6.45) is -0.317. The number of nitrogens with two attached hydrogens (primary N) is 1. The Morgan fingerprint density at radius 3 is 2.52 bits per heavy atom. The third-order valence-electron chi connectivity index (χ3n) is 3.36. The number of anilines is 2. The molecule has 126 valence electrons. The predicted octanol–water partition coefficient (Wildman–Crippen LogP) is 2.09. The normalized spacial score (nSPS) is 14.9. The van der Waals surface area contributed by atoms with Crippen LogP contribution in [0.5, 0.6) is 0 Å². The van der Waals surface area contributed by atoms with Crippen molar-refractivity contribution in [3.63, 3.8) is 0 Å². The van der Waals surface area contributed by atoms with Crippen LogP contribution in [0.15, 0.2) is 18.2 Å². The lowest BCUT2D eigenvalue weighted by Gasteiger charge is -2.40. The first kappa shape index (κ1) is 16.9. The highest BCUT2D eigenvalue weighted by molar-refractivity contribution is 5.96. The number of likely N-dealkylation sites (tertiary alicyclic amines) is 1. The Morgan fingerprint density at radius 2 is 1.96 bits per heavy atom. The smallest absolute Gasteiger partial charge is 0.410 e. The molecule has 7 nitrogen and oxygen atoms in total. The summed E-state index contributed by atoms with van der Waals surface area (Å²) in [4.78, 5) is 25.1. The monoisotopic (exact) mass is 321 g/mol. The van der Waals surface area contributed by atoms with Crippen LogP contribution in [0.3, 0.4) is 0 Å². The van der Waals surface area contributed by atoms with Crippen LogP contribution in [0.4, 0.5) is 16.2 Å². The van der Waals surface area contributed by atoms with Crippen LogP contribution in [0.2, 0.25) is 0 Å². The molecule has 0 unspecified atom stereocenters. The molecule has 0 aliphatic carbocycles. The molecular weight excluding hydrogens is 298 g/mol. The molecule has 3 N–H and O–H groups in total. The quantitative estimate of drug-likeness (QED) is 0.654. The Kier molecular flexibility index (Phi) is 4.68. The molecule has 1 saturated heterocycles. The summed E-state index contributed by atoms with van der Waals surface area (Å²) in [5, 5.41) is 3.26. The average Bonchev–Trinajstić information content (AvgIpc) is 2.41. The average molecular weight is 321 g/mol. The fraction of sp³-hybridized carbons (Fsp3) is 0.500. The zero-order chi connectivity index (χ0) is 17.2. The van der Waals surface area contributed by atoms with Gasteiger partial charge in [-0.25, -0.2) is 9.59 Å². The van der Waals surface area contributed by atoms with E-state index in [1.807, 2.05) is 20.8 Å². The first-order valence-corrected chi connectivity index (χ1v) is 7.42. The van der Waals surface area contributed by atoms with Crippen LogP contribution >= 0.6 is 0 Å². The van der Waals surface area contributed by atoms with Gasteiger partial charge in [0.05, 0.1) is 18.7 Å². The molecule has 23 heavy (non-hydrogen) atoms. The molecule has 0 radical (unpaired) electrons. The van der Waals surface area contributed by atoms with Gasteiger partial charge in [0, 0.05) is 24.5 Å². The fourth-order valence-electron chi connectivity index (χ4n) is 2.21. The fourth-order valence-corrected chi connectivity index (χ4v) is 2.21. The number of benzene rings is 1. The Bertz CT molecular complexity index is 604. The molecule has 0 saturated carbocycles. The topological polar surface area (TPSA) is 93.9 Å². The second-order valence-electron chi connectivity index (χ2n) is 6.52. The second kappa shape index (κ2) is 6.36. The SMILES string of the molecule is COC(=O)c1cc(NC2CN(C(=O)OC(C)(C)C)C2)ccc1N. The van der Waals surface area contributed by atoms with Crippen molar-refractivity contribution in [1.82, 2.24) is 4.90 Å². The first-order chi connectivity index (χ1) is 10.7. The van der Waals surface area contributed by atoms with Gasteiger partial charge >= 0.3 is 12.1 Å². The van der Waals surface area contributed by atoms with E-state index in [1.165, 1.54) is 7.11 Å². The molecule has 0 bridgehead atoms. The summed E-state index contributed by atoms with van der Waals surface area (Å²) in [5.41, 5.74) is 6.71. The van der Waals surface area contributed by atoms with Crippen molar-refractivity contribution in [1.29, 1.82) is 0 Å². The largest absolute Gasteiger partial charge is 0.465 e. The number of ether oxygens (including phenoxy) is 2. The number of rotatable bonds is 3. The van der Waals surface area contributed by atoms with Gasteiger partial charge < -0.3 is 25.4 Å². The second-order valence-corrected chi connectivity index (χ2v) is 6.52. The van der Waals surface area contributed by atoms with Crippen LogP contribution in [0, 0.1) is 0 Å². The van der Waals surface area contributed by atoms with Crippen molar-refractivity contribution < 1.29 is 19.1 Å². The summed E-state index contributed by atoms with van der Waals surface area (Å²) in [6.45, 7) is 6.61. The van der Waals surface area contributed by atoms with Crippen molar-refractivity contribution in [2.24, 2.45) is 0 Å². The van der Waals surface area contributed by atoms with Gasteiger partial charge in [-0.3, -0.25) is 0 Å². The van der Waals surface area contributed by atoms with E-state index in [4.69, 9.17) is 15.2 Å². The van der Waals surface area contributed by atoms with Gasteiger partial charge in [-0.05, 0) is 39.0 Å². The number of methoxy groups -OCH3 is 1. The molecule has 0 spiro atoms. The molecule has 1 heterocycles. The maximum Gasteiger partial charge on any atom is 0.410 e. The van der Waals surface area contributed by atoms with Crippen LogP contribution in [-0.4, -0.2) is 48.8 Å². The molecule has 1 aliphatic heterocycles. The van der Waals surface area contributed by atoms with Crippen molar-refractivity contribution >= 4 is 23.4 Å². The molecule has 1 fully saturated rings. The van der Waals surface area contributed by atoms with E-state index in [9.17, 15) is 9.59 Å².